The van der Waals surface area contributed by atoms with Crippen LogP contribution in [0, 0.1) is 0 Å². The van der Waals surface area contributed by atoms with Gasteiger partial charge in [-0.05, 0) is 23.6 Å². The molecule has 0 unspecified atom stereocenters. The second-order valence-corrected chi connectivity index (χ2v) is 3.96. The monoisotopic (exact) mass is 226 g/mol. The van der Waals surface area contributed by atoms with Crippen LogP contribution in [0.15, 0.2) is 12.1 Å². The normalized spacial score (nSPS) is 14.9. The second kappa shape index (κ2) is 3.62. The van der Waals surface area contributed by atoms with Crippen LogP contribution in [0.2, 0.25) is 5.02 Å². The average Bonchev–Trinajstić information content (AvgIpc) is 2.23. The molecular formula is C10H11ClN2O2. The van der Waals surface area contributed by atoms with Crippen molar-refractivity contribution < 1.29 is 9.90 Å². The Balaban J connectivity index is 2.39. The van der Waals surface area contributed by atoms with Crippen molar-refractivity contribution in [3.8, 4) is 0 Å². The summed E-state index contributed by atoms with van der Waals surface area (Å²) in [5.74, 6) is 0. The first-order chi connectivity index (χ1) is 7.09. The van der Waals surface area contributed by atoms with Crippen LogP contribution >= 0.6 is 11.6 Å². The van der Waals surface area contributed by atoms with E-state index in [-0.39, 0.29) is 0 Å². The van der Waals surface area contributed by atoms with Gasteiger partial charge in [0.15, 0.2) is 0 Å². The molecule has 0 aromatic heterocycles. The Morgan fingerprint density at radius 2 is 2.27 bits per heavy atom. The molecule has 3 N–H and O–H groups in total. The first kappa shape index (κ1) is 10.1. The van der Waals surface area contributed by atoms with E-state index in [9.17, 15) is 4.79 Å². The summed E-state index contributed by atoms with van der Waals surface area (Å²) < 4.78 is 0. The maximum atomic E-state index is 10.8. The Hall–Kier alpha value is -1.42. The minimum absolute atomic E-state index is 0.330. The number of halogens is 1. The maximum Gasteiger partial charge on any atom is 0.407 e. The smallest absolute Gasteiger partial charge is 0.407 e. The number of nitrogens with two attached hydrogens (primary N) is 1. The number of carboxylic acid groups (broad SMARTS) is 1. The first-order valence-corrected chi connectivity index (χ1v) is 5.01. The van der Waals surface area contributed by atoms with Crippen molar-refractivity contribution in [3.05, 3.63) is 28.3 Å². The van der Waals surface area contributed by atoms with Gasteiger partial charge in [-0.3, -0.25) is 0 Å². The summed E-state index contributed by atoms with van der Waals surface area (Å²) in [6.07, 6.45) is -0.219. The van der Waals surface area contributed by atoms with Crippen molar-refractivity contribution in [2.75, 3.05) is 12.3 Å². The third-order valence-corrected chi connectivity index (χ3v) is 3.00. The van der Waals surface area contributed by atoms with Crippen LogP contribution in [-0.2, 0) is 13.0 Å². The highest BCUT2D eigenvalue weighted by molar-refractivity contribution is 6.33. The highest BCUT2D eigenvalue weighted by atomic mass is 35.5. The number of fused-ring (bicyclic) bond motifs is 1. The average molecular weight is 227 g/mol. The molecular weight excluding hydrogens is 216 g/mol. The molecule has 1 heterocycles. The van der Waals surface area contributed by atoms with Gasteiger partial charge in [-0.2, -0.15) is 0 Å². The third-order valence-electron chi connectivity index (χ3n) is 2.67. The Kier molecular flexibility index (Phi) is 2.44. The molecule has 1 amide bonds. The standard InChI is InChI=1S/C10H11ClN2O2/c11-8-2-1-6-3-4-13(10(14)15)5-7(6)9(8)12/h1-2H,3-5,12H2,(H,14,15). The molecule has 1 aromatic rings. The van der Waals surface area contributed by atoms with E-state index in [2.05, 4.69) is 0 Å². The summed E-state index contributed by atoms with van der Waals surface area (Å²) in [4.78, 5) is 12.2. The second-order valence-electron chi connectivity index (χ2n) is 3.55. The number of nitrogens with zero attached hydrogens (tertiary/aromatic N) is 1. The minimum atomic E-state index is -0.917. The lowest BCUT2D eigenvalue weighted by atomic mass is 9.98. The minimum Gasteiger partial charge on any atom is -0.465 e. The van der Waals surface area contributed by atoms with Gasteiger partial charge < -0.3 is 15.7 Å². The van der Waals surface area contributed by atoms with Crippen molar-refractivity contribution in [2.45, 2.75) is 13.0 Å². The van der Waals surface area contributed by atoms with Gasteiger partial charge in [0.1, 0.15) is 0 Å². The summed E-state index contributed by atoms with van der Waals surface area (Å²) in [6, 6.07) is 3.67. The molecule has 2 rings (SSSR count). The van der Waals surface area contributed by atoms with Crippen LogP contribution < -0.4 is 5.73 Å². The van der Waals surface area contributed by atoms with Crippen LogP contribution in [-0.4, -0.2) is 22.6 Å². The number of anilines is 1. The van der Waals surface area contributed by atoms with Crippen molar-refractivity contribution in [2.24, 2.45) is 0 Å². The first-order valence-electron chi connectivity index (χ1n) is 4.63. The van der Waals surface area contributed by atoms with Crippen molar-refractivity contribution in [3.63, 3.8) is 0 Å². The van der Waals surface area contributed by atoms with E-state index < -0.39 is 6.09 Å². The predicted molar refractivity (Wildman–Crippen MR) is 58.0 cm³/mol. The highest BCUT2D eigenvalue weighted by Gasteiger charge is 2.22. The maximum absolute atomic E-state index is 10.8. The van der Waals surface area contributed by atoms with Crippen LogP contribution in [0.1, 0.15) is 11.1 Å². The molecule has 1 aromatic carbocycles. The van der Waals surface area contributed by atoms with E-state index in [1.807, 2.05) is 6.07 Å². The molecule has 5 heteroatoms. The fourth-order valence-electron chi connectivity index (χ4n) is 1.79. The van der Waals surface area contributed by atoms with Gasteiger partial charge >= 0.3 is 6.09 Å². The van der Waals surface area contributed by atoms with E-state index in [1.165, 1.54) is 4.90 Å². The van der Waals surface area contributed by atoms with Gasteiger partial charge in [0.05, 0.1) is 17.3 Å². The lowest BCUT2D eigenvalue weighted by Gasteiger charge is -2.27. The summed E-state index contributed by atoms with van der Waals surface area (Å²) in [5, 5.41) is 9.36. The fourth-order valence-corrected chi connectivity index (χ4v) is 1.97. The molecule has 4 nitrogen and oxygen atoms in total. The SMILES string of the molecule is Nc1c(Cl)ccc2c1CN(C(=O)O)CC2. The van der Waals surface area contributed by atoms with E-state index in [0.717, 1.165) is 11.1 Å². The van der Waals surface area contributed by atoms with Crippen molar-refractivity contribution >= 4 is 23.4 Å². The largest absolute Gasteiger partial charge is 0.465 e. The van der Waals surface area contributed by atoms with Crippen LogP contribution in [0.5, 0.6) is 0 Å². The lowest BCUT2D eigenvalue weighted by Crippen LogP contribution is -2.35. The molecule has 0 saturated carbocycles. The quantitative estimate of drug-likeness (QED) is 0.665. The molecule has 1 aliphatic heterocycles. The van der Waals surface area contributed by atoms with Crippen LogP contribution in [0.25, 0.3) is 0 Å². The molecule has 0 bridgehead atoms. The van der Waals surface area contributed by atoms with Gasteiger partial charge in [-0.25, -0.2) is 4.79 Å². The molecule has 15 heavy (non-hydrogen) atoms. The predicted octanol–water partition coefficient (Wildman–Crippen LogP) is 1.96. The number of hydrogen-bond donors (Lipinski definition) is 2. The Labute approximate surface area is 92.2 Å². The topological polar surface area (TPSA) is 66.6 Å². The molecule has 80 valence electrons. The lowest BCUT2D eigenvalue weighted by molar-refractivity contribution is 0.140. The zero-order chi connectivity index (χ0) is 11.0. The number of benzene rings is 1. The molecule has 0 radical (unpaired) electrons. The summed E-state index contributed by atoms with van der Waals surface area (Å²) in [7, 11) is 0. The van der Waals surface area contributed by atoms with Gasteiger partial charge in [0.25, 0.3) is 0 Å². The van der Waals surface area contributed by atoms with Crippen LogP contribution in [0.3, 0.4) is 0 Å². The van der Waals surface area contributed by atoms with Crippen molar-refractivity contribution in [1.29, 1.82) is 0 Å². The number of carbonyl (C=O) groups is 1. The summed E-state index contributed by atoms with van der Waals surface area (Å²) in [5.41, 5.74) is 8.25. The van der Waals surface area contributed by atoms with E-state index in [4.69, 9.17) is 22.4 Å². The molecule has 0 saturated heterocycles. The zero-order valence-electron chi connectivity index (χ0n) is 8.03. The fraction of sp³-hybridized carbons (Fsp3) is 0.300. The molecule has 1 aliphatic rings. The molecule has 0 fully saturated rings. The van der Waals surface area contributed by atoms with Gasteiger partial charge in [0, 0.05) is 6.54 Å². The highest BCUT2D eigenvalue weighted by Crippen LogP contribution is 2.30. The Bertz CT molecular complexity index is 420. The number of nitrogen functional groups attached to an aromatic ring is 1. The number of rotatable bonds is 0. The number of hydrogen-bond acceptors (Lipinski definition) is 2. The summed E-state index contributed by atoms with van der Waals surface area (Å²) >= 11 is 5.88. The molecule has 0 atom stereocenters. The Morgan fingerprint density at radius 3 is 2.93 bits per heavy atom. The van der Waals surface area contributed by atoms with Crippen LogP contribution in [0.4, 0.5) is 10.5 Å². The van der Waals surface area contributed by atoms with E-state index >= 15 is 0 Å². The van der Waals surface area contributed by atoms with Gasteiger partial charge in [0.2, 0.25) is 0 Å². The Morgan fingerprint density at radius 1 is 1.53 bits per heavy atom. The van der Waals surface area contributed by atoms with Gasteiger partial charge in [-0.1, -0.05) is 17.7 Å². The van der Waals surface area contributed by atoms with E-state index in [1.54, 1.807) is 6.07 Å². The molecule has 0 aliphatic carbocycles. The third kappa shape index (κ3) is 1.72. The molecule has 0 spiro atoms. The van der Waals surface area contributed by atoms with Crippen molar-refractivity contribution in [1.82, 2.24) is 4.90 Å². The van der Waals surface area contributed by atoms with Gasteiger partial charge in [-0.15, -0.1) is 0 Å². The summed E-state index contributed by atoms with van der Waals surface area (Å²) in [6.45, 7) is 0.848. The number of amides is 1. The zero-order valence-corrected chi connectivity index (χ0v) is 8.79. The van der Waals surface area contributed by atoms with E-state index in [0.29, 0.717) is 30.2 Å².